The molecule has 28 heavy (non-hydrogen) atoms. The minimum Gasteiger partial charge on any atom is -0.480 e. The predicted octanol–water partition coefficient (Wildman–Crippen LogP) is 3.31. The number of fused-ring (bicyclic) bond motifs is 2. The van der Waals surface area contributed by atoms with Crippen molar-refractivity contribution in [1.29, 1.82) is 0 Å². The number of hydrogen-bond donors (Lipinski definition) is 2. The van der Waals surface area contributed by atoms with Crippen molar-refractivity contribution in [3.63, 3.8) is 0 Å². The Bertz CT molecular complexity index is 1120. The molecule has 2 N–H and O–H groups in total. The first-order valence-corrected chi connectivity index (χ1v) is 9.19. The molecule has 0 saturated carbocycles. The number of furan rings is 1. The molecule has 0 aliphatic rings. The number of benzene rings is 1. The molecule has 2 aromatic heterocycles. The zero-order valence-electron chi connectivity index (χ0n) is 16.3. The van der Waals surface area contributed by atoms with Crippen molar-refractivity contribution >= 4 is 33.8 Å². The van der Waals surface area contributed by atoms with Gasteiger partial charge >= 0.3 is 11.6 Å². The fourth-order valence-corrected chi connectivity index (χ4v) is 3.31. The predicted molar refractivity (Wildman–Crippen MR) is 104 cm³/mol. The Morgan fingerprint density at radius 3 is 2.54 bits per heavy atom. The fraction of sp³-hybridized carbons (Fsp3) is 0.381. The summed E-state index contributed by atoms with van der Waals surface area (Å²) in [6.07, 6.45) is 1.99. The molecule has 0 aliphatic heterocycles. The maximum atomic E-state index is 12.4. The number of aliphatic carboxylic acids is 1. The monoisotopic (exact) mass is 385 g/mol. The quantitative estimate of drug-likeness (QED) is 0.630. The smallest absolute Gasteiger partial charge is 0.340 e. The van der Waals surface area contributed by atoms with E-state index in [2.05, 4.69) is 5.32 Å². The van der Waals surface area contributed by atoms with Crippen LogP contribution in [0, 0.1) is 19.8 Å². The Morgan fingerprint density at radius 2 is 1.89 bits per heavy atom. The highest BCUT2D eigenvalue weighted by molar-refractivity contribution is 5.96. The van der Waals surface area contributed by atoms with E-state index in [4.69, 9.17) is 8.83 Å². The number of rotatable bonds is 6. The maximum absolute atomic E-state index is 12.4. The molecule has 2 atom stereocenters. The molecular weight excluding hydrogens is 362 g/mol. The molecular formula is C21H23NO6. The molecule has 3 aromatic rings. The third kappa shape index (κ3) is 3.52. The highest BCUT2D eigenvalue weighted by Crippen LogP contribution is 2.28. The van der Waals surface area contributed by atoms with Crippen LogP contribution in [0.5, 0.6) is 0 Å². The SMILES string of the molecule is CC[C@H](C)[C@@H](NC(=O)Cc1c(C)c2cc3c(C)coc3cc2oc1=O)C(=O)O. The first-order chi connectivity index (χ1) is 13.2. The molecule has 0 spiro atoms. The van der Waals surface area contributed by atoms with Crippen LogP contribution in [0.3, 0.4) is 0 Å². The summed E-state index contributed by atoms with van der Waals surface area (Å²) in [7, 11) is 0. The molecule has 0 saturated heterocycles. The van der Waals surface area contributed by atoms with Gasteiger partial charge in [-0.15, -0.1) is 0 Å². The first-order valence-electron chi connectivity index (χ1n) is 9.19. The van der Waals surface area contributed by atoms with Gasteiger partial charge in [0.25, 0.3) is 0 Å². The highest BCUT2D eigenvalue weighted by atomic mass is 16.4. The summed E-state index contributed by atoms with van der Waals surface area (Å²) >= 11 is 0. The molecule has 0 unspecified atom stereocenters. The molecule has 2 heterocycles. The van der Waals surface area contributed by atoms with E-state index >= 15 is 0 Å². The minimum atomic E-state index is -1.09. The van der Waals surface area contributed by atoms with Gasteiger partial charge in [0.05, 0.1) is 18.2 Å². The van der Waals surface area contributed by atoms with Crippen LogP contribution in [-0.2, 0) is 16.0 Å². The molecule has 1 amide bonds. The van der Waals surface area contributed by atoms with Crippen LogP contribution in [0.4, 0.5) is 0 Å². The number of carboxylic acids is 1. The average Bonchev–Trinajstić information content (AvgIpc) is 3.01. The van der Waals surface area contributed by atoms with Gasteiger partial charge in [-0.3, -0.25) is 4.79 Å². The molecule has 7 heteroatoms. The minimum absolute atomic E-state index is 0.221. The van der Waals surface area contributed by atoms with Gasteiger partial charge in [0.2, 0.25) is 5.91 Å². The lowest BCUT2D eigenvalue weighted by Crippen LogP contribution is -2.45. The van der Waals surface area contributed by atoms with Crippen molar-refractivity contribution in [3.05, 3.63) is 45.5 Å². The molecule has 0 bridgehead atoms. The Kier molecular flexibility index (Phi) is 5.27. The van der Waals surface area contributed by atoms with E-state index in [1.54, 1.807) is 26.2 Å². The Balaban J connectivity index is 1.97. The highest BCUT2D eigenvalue weighted by Gasteiger charge is 2.26. The number of aryl methyl sites for hydroxylation is 2. The lowest BCUT2D eigenvalue weighted by molar-refractivity contribution is -0.143. The van der Waals surface area contributed by atoms with E-state index in [0.717, 1.165) is 16.3 Å². The number of nitrogens with one attached hydrogen (secondary N) is 1. The summed E-state index contributed by atoms with van der Waals surface area (Å²) in [5.41, 5.74) is 2.21. The third-order valence-electron chi connectivity index (χ3n) is 5.31. The van der Waals surface area contributed by atoms with Gasteiger partial charge in [-0.25, -0.2) is 9.59 Å². The van der Waals surface area contributed by atoms with Crippen molar-refractivity contribution < 1.29 is 23.5 Å². The summed E-state index contributed by atoms with van der Waals surface area (Å²) in [4.78, 5) is 36.3. The maximum Gasteiger partial charge on any atom is 0.340 e. The molecule has 7 nitrogen and oxygen atoms in total. The molecule has 148 valence electrons. The second-order valence-corrected chi connectivity index (χ2v) is 7.20. The zero-order valence-corrected chi connectivity index (χ0v) is 16.3. The van der Waals surface area contributed by atoms with Crippen LogP contribution >= 0.6 is 0 Å². The number of hydrogen-bond acceptors (Lipinski definition) is 5. The van der Waals surface area contributed by atoms with Gasteiger partial charge in [0, 0.05) is 16.8 Å². The van der Waals surface area contributed by atoms with Crippen LogP contribution < -0.4 is 10.9 Å². The third-order valence-corrected chi connectivity index (χ3v) is 5.31. The summed E-state index contributed by atoms with van der Waals surface area (Å²) in [5, 5.41) is 13.5. The van der Waals surface area contributed by atoms with Gasteiger partial charge in [-0.05, 0) is 37.0 Å². The van der Waals surface area contributed by atoms with E-state index in [9.17, 15) is 19.5 Å². The summed E-state index contributed by atoms with van der Waals surface area (Å²) in [6, 6.07) is 2.54. The second kappa shape index (κ2) is 7.50. The van der Waals surface area contributed by atoms with Crippen molar-refractivity contribution in [3.8, 4) is 0 Å². The fourth-order valence-electron chi connectivity index (χ4n) is 3.31. The molecule has 0 aliphatic carbocycles. The summed E-state index contributed by atoms with van der Waals surface area (Å²) in [6.45, 7) is 7.29. The average molecular weight is 385 g/mol. The normalized spacial score (nSPS) is 13.6. The van der Waals surface area contributed by atoms with Gasteiger partial charge < -0.3 is 19.3 Å². The van der Waals surface area contributed by atoms with E-state index in [1.165, 1.54) is 0 Å². The van der Waals surface area contributed by atoms with Crippen LogP contribution in [0.2, 0.25) is 0 Å². The Hall–Kier alpha value is -3.09. The number of carbonyl (C=O) groups is 2. The molecule has 0 fully saturated rings. The van der Waals surface area contributed by atoms with Gasteiger partial charge in [0.1, 0.15) is 17.2 Å². The Labute approximate surface area is 161 Å². The zero-order chi connectivity index (χ0) is 20.6. The van der Waals surface area contributed by atoms with Gasteiger partial charge in [-0.2, -0.15) is 0 Å². The lowest BCUT2D eigenvalue weighted by atomic mass is 9.98. The van der Waals surface area contributed by atoms with Gasteiger partial charge in [0.15, 0.2) is 0 Å². The van der Waals surface area contributed by atoms with Crippen LogP contribution in [0.25, 0.3) is 21.9 Å². The summed E-state index contributed by atoms with van der Waals surface area (Å²) in [5.74, 6) is -1.85. The van der Waals surface area contributed by atoms with Crippen molar-refractivity contribution in [2.75, 3.05) is 0 Å². The number of carboxylic acid groups (broad SMARTS) is 1. The van der Waals surface area contributed by atoms with Crippen molar-refractivity contribution in [2.45, 2.75) is 46.6 Å². The Morgan fingerprint density at radius 1 is 1.18 bits per heavy atom. The standard InChI is InChI=1S/C21H23NO6/c1-5-10(2)19(20(24)25)22-18(23)7-15-12(4)14-6-13-11(3)9-27-16(13)8-17(14)28-21(15)26/h6,8-10,19H,5,7H2,1-4H3,(H,22,23)(H,24,25)/t10-,19+/m0/s1. The van der Waals surface area contributed by atoms with Gasteiger partial charge in [-0.1, -0.05) is 20.3 Å². The van der Waals surface area contributed by atoms with E-state index < -0.39 is 23.5 Å². The molecule has 1 aromatic carbocycles. The van der Waals surface area contributed by atoms with Crippen LogP contribution in [0.1, 0.15) is 37.0 Å². The van der Waals surface area contributed by atoms with E-state index in [1.807, 2.05) is 19.9 Å². The van der Waals surface area contributed by atoms with E-state index in [0.29, 0.717) is 23.2 Å². The number of carbonyl (C=O) groups excluding carboxylic acids is 1. The van der Waals surface area contributed by atoms with Crippen LogP contribution in [-0.4, -0.2) is 23.0 Å². The topological polar surface area (TPSA) is 110 Å². The van der Waals surface area contributed by atoms with Crippen molar-refractivity contribution in [2.24, 2.45) is 5.92 Å². The molecule has 3 rings (SSSR count). The first kappa shape index (κ1) is 19.7. The second-order valence-electron chi connectivity index (χ2n) is 7.20. The molecule has 0 radical (unpaired) electrons. The summed E-state index contributed by atoms with van der Waals surface area (Å²) < 4.78 is 10.8. The lowest BCUT2D eigenvalue weighted by Gasteiger charge is -2.20. The van der Waals surface area contributed by atoms with E-state index in [-0.39, 0.29) is 17.9 Å². The van der Waals surface area contributed by atoms with Crippen molar-refractivity contribution in [1.82, 2.24) is 5.32 Å². The largest absolute Gasteiger partial charge is 0.480 e. The number of amides is 1. The van der Waals surface area contributed by atoms with Crippen LogP contribution in [0.15, 0.2) is 32.0 Å².